The first-order valence-electron chi connectivity index (χ1n) is 38.6. The smallest absolute Gasteiger partial charge is 0.160 e. The normalized spacial score (nSPS) is 14.1. The Morgan fingerprint density at radius 1 is 0.167 bits per heavy atom. The molecule has 4 aliphatic carbocycles. The third-order valence-corrected chi connectivity index (χ3v) is 23.4. The molecular formula is C104H80N4. The highest BCUT2D eigenvalue weighted by Gasteiger charge is 2.46. The van der Waals surface area contributed by atoms with Crippen molar-refractivity contribution in [3.63, 3.8) is 0 Å². The molecule has 2 saturated carbocycles. The highest BCUT2D eigenvalue weighted by atomic mass is 14.9. The molecular weight excluding hydrogens is 1310 g/mol. The number of nitrogens with zero attached hydrogens (tertiary/aromatic N) is 4. The number of benzene rings is 14. The molecule has 2 heterocycles. The molecule has 0 amide bonds. The van der Waals surface area contributed by atoms with Gasteiger partial charge in [-0.05, 0) is 161 Å². The molecule has 0 saturated heterocycles. The van der Waals surface area contributed by atoms with E-state index in [9.17, 15) is 0 Å². The average Bonchev–Trinajstić information content (AvgIpc) is 1.56. The van der Waals surface area contributed by atoms with Crippen LogP contribution in [0.5, 0.6) is 0 Å². The zero-order valence-corrected chi connectivity index (χ0v) is 60.5. The van der Waals surface area contributed by atoms with Crippen LogP contribution < -0.4 is 0 Å². The quantitative estimate of drug-likeness (QED) is 0.122. The molecule has 0 atom stereocenters. The van der Waals surface area contributed by atoms with Gasteiger partial charge >= 0.3 is 0 Å². The van der Waals surface area contributed by atoms with Crippen LogP contribution in [-0.4, -0.2) is 19.9 Å². The van der Waals surface area contributed by atoms with Gasteiger partial charge in [-0.1, -0.05) is 378 Å². The van der Waals surface area contributed by atoms with Crippen LogP contribution in [0, 0.1) is 0 Å². The van der Waals surface area contributed by atoms with Gasteiger partial charge in [-0.3, -0.25) is 0 Å². The average molecular weight is 1390 g/mol. The van der Waals surface area contributed by atoms with E-state index in [1.807, 2.05) is 12.1 Å². The maximum Gasteiger partial charge on any atom is 0.160 e. The van der Waals surface area contributed by atoms with Crippen LogP contribution in [0.1, 0.15) is 86.5 Å². The van der Waals surface area contributed by atoms with E-state index < -0.39 is 0 Å². The Hall–Kier alpha value is -12.8. The predicted octanol–water partition coefficient (Wildman–Crippen LogP) is 27.4. The highest BCUT2D eigenvalue weighted by Crippen LogP contribution is 2.60. The molecule has 0 N–H and O–H groups in total. The first-order valence-corrected chi connectivity index (χ1v) is 38.6. The van der Waals surface area contributed by atoms with Crippen molar-refractivity contribution in [1.82, 2.24) is 19.9 Å². The van der Waals surface area contributed by atoms with Crippen LogP contribution in [0.15, 0.2) is 364 Å². The topological polar surface area (TPSA) is 51.6 Å². The molecule has 16 aromatic rings. The van der Waals surface area contributed by atoms with Gasteiger partial charge in [0.2, 0.25) is 0 Å². The second kappa shape index (κ2) is 28.6. The molecule has 2 spiro atoms. The predicted molar refractivity (Wildman–Crippen MR) is 448 cm³/mol. The maximum atomic E-state index is 5.17. The van der Waals surface area contributed by atoms with Crippen molar-refractivity contribution in [3.05, 3.63) is 386 Å². The van der Waals surface area contributed by atoms with Crippen molar-refractivity contribution in [2.24, 2.45) is 0 Å². The lowest BCUT2D eigenvalue weighted by Gasteiger charge is -2.37. The van der Waals surface area contributed by atoms with Crippen molar-refractivity contribution in [2.75, 3.05) is 0 Å². The van der Waals surface area contributed by atoms with E-state index in [1.54, 1.807) is 11.1 Å². The summed E-state index contributed by atoms with van der Waals surface area (Å²) in [6.45, 7) is 0. The van der Waals surface area contributed by atoms with Crippen molar-refractivity contribution < 1.29 is 0 Å². The Bertz CT molecular complexity index is 5940. The fraction of sp³-hybridized carbons (Fsp3) is 0.115. The van der Waals surface area contributed by atoms with Crippen LogP contribution in [0.4, 0.5) is 0 Å². The monoisotopic (exact) mass is 1380 g/mol. The number of rotatable bonds is 12. The Morgan fingerprint density at radius 2 is 0.426 bits per heavy atom. The molecule has 2 aromatic heterocycles. The highest BCUT2D eigenvalue weighted by molar-refractivity contribution is 5.92. The standard InChI is InChI=1S/2C52H40N2/c1-4-14-36(15-5-1)37-26-30-41(31-27-37)49-35-48(40-16-6-2-7-17-40)53-51(54-49)43-19-12-18-42(34-43)38-24-28-39(29-25-38)44-21-13-22-46-45-20-8-9-23-47(45)52(50(44)46)32-10-3-11-33-52;1-4-14-36(15-5-1)37-24-28-40(29-25-37)49-35-48(39-16-6-2-7-17-39)53-51(54-49)41-30-26-38(27-31-41)42-18-12-19-43(34-42)44-21-13-22-46-45-20-8-9-23-47(45)52(50(44)46)32-10-3-11-33-52/h2*1-2,4-9,12-31,34-35H,3,10-11,32-33H2. The van der Waals surface area contributed by atoms with E-state index in [-0.39, 0.29) is 10.8 Å². The molecule has 0 bridgehead atoms. The van der Waals surface area contributed by atoms with Gasteiger partial charge in [0.1, 0.15) is 0 Å². The van der Waals surface area contributed by atoms with Crippen LogP contribution >= 0.6 is 0 Å². The zero-order chi connectivity index (χ0) is 71.8. The lowest BCUT2D eigenvalue weighted by molar-refractivity contribution is 0.353. The Balaban J connectivity index is 0.000000147. The number of hydrogen-bond acceptors (Lipinski definition) is 4. The summed E-state index contributed by atoms with van der Waals surface area (Å²) in [5, 5.41) is 0. The van der Waals surface area contributed by atoms with E-state index in [1.165, 1.54) is 159 Å². The third-order valence-electron chi connectivity index (χ3n) is 23.4. The lowest BCUT2D eigenvalue weighted by Crippen LogP contribution is -2.28. The van der Waals surface area contributed by atoms with Crippen LogP contribution in [-0.2, 0) is 10.8 Å². The van der Waals surface area contributed by atoms with E-state index in [0.29, 0.717) is 5.82 Å². The van der Waals surface area contributed by atoms with Crippen LogP contribution in [0.2, 0.25) is 0 Å². The van der Waals surface area contributed by atoms with Gasteiger partial charge in [-0.15, -0.1) is 0 Å². The van der Waals surface area contributed by atoms with Crippen molar-refractivity contribution in [1.29, 1.82) is 0 Å². The SMILES string of the molecule is c1ccc(-c2ccc(-c3cc(-c4ccccc4)nc(-c4ccc(-c5cccc(-c6cccc7c6C6(CCCCC6)c6ccccc6-7)c5)cc4)n3)cc2)cc1.c1ccc(-c2ccc(-c3cc(-c4ccccc4)nc(-c4cccc(-c5ccc(-c6cccc7c6C6(CCCCC6)c6ccccc6-7)cc5)c4)n3)cc2)cc1. The summed E-state index contributed by atoms with van der Waals surface area (Å²) in [6.07, 6.45) is 12.7. The molecule has 0 aliphatic heterocycles. The summed E-state index contributed by atoms with van der Waals surface area (Å²) < 4.78 is 0. The fourth-order valence-electron chi connectivity index (χ4n) is 18.2. The van der Waals surface area contributed by atoms with Crippen LogP contribution in [0.3, 0.4) is 0 Å². The van der Waals surface area contributed by atoms with Crippen LogP contribution in [0.25, 0.3) is 157 Å². The molecule has 2 fully saturated rings. The molecule has 4 nitrogen and oxygen atoms in total. The molecule has 516 valence electrons. The van der Waals surface area contributed by atoms with Crippen molar-refractivity contribution in [3.8, 4) is 157 Å². The maximum absolute atomic E-state index is 5.17. The first kappa shape index (κ1) is 66.0. The van der Waals surface area contributed by atoms with Gasteiger partial charge in [0.05, 0.1) is 22.8 Å². The fourth-order valence-corrected chi connectivity index (χ4v) is 18.2. The molecule has 20 rings (SSSR count). The van der Waals surface area contributed by atoms with Gasteiger partial charge in [0.25, 0.3) is 0 Å². The minimum absolute atomic E-state index is 0.107. The summed E-state index contributed by atoms with van der Waals surface area (Å²) in [4.78, 5) is 20.5. The van der Waals surface area contributed by atoms with Crippen molar-refractivity contribution in [2.45, 2.75) is 75.0 Å². The third kappa shape index (κ3) is 12.4. The lowest BCUT2D eigenvalue weighted by atomic mass is 9.66. The molecule has 0 radical (unpaired) electrons. The Morgan fingerprint density at radius 3 is 0.852 bits per heavy atom. The van der Waals surface area contributed by atoms with E-state index in [0.717, 1.165) is 67.5 Å². The Labute approximate surface area is 634 Å². The summed E-state index contributed by atoms with van der Waals surface area (Å²) in [7, 11) is 0. The van der Waals surface area contributed by atoms with Crippen molar-refractivity contribution >= 4 is 0 Å². The minimum atomic E-state index is 0.107. The van der Waals surface area contributed by atoms with E-state index in [4.69, 9.17) is 19.9 Å². The zero-order valence-electron chi connectivity index (χ0n) is 60.5. The molecule has 4 heteroatoms. The number of fused-ring (bicyclic) bond motifs is 10. The van der Waals surface area contributed by atoms with Gasteiger partial charge in [-0.2, -0.15) is 0 Å². The van der Waals surface area contributed by atoms with E-state index >= 15 is 0 Å². The van der Waals surface area contributed by atoms with Gasteiger partial charge < -0.3 is 0 Å². The minimum Gasteiger partial charge on any atom is -0.228 e. The summed E-state index contributed by atoms with van der Waals surface area (Å²) in [5.41, 5.74) is 36.8. The number of aromatic nitrogens is 4. The Kier molecular flexibility index (Phi) is 17.5. The summed E-state index contributed by atoms with van der Waals surface area (Å²) >= 11 is 0. The first-order chi connectivity index (χ1) is 53.5. The molecule has 0 unspecified atom stereocenters. The van der Waals surface area contributed by atoms with Gasteiger partial charge in [0.15, 0.2) is 11.6 Å². The van der Waals surface area contributed by atoms with E-state index in [2.05, 4.69) is 352 Å². The molecule has 14 aromatic carbocycles. The summed E-state index contributed by atoms with van der Waals surface area (Å²) in [5.74, 6) is 1.44. The van der Waals surface area contributed by atoms with Gasteiger partial charge in [0, 0.05) is 44.2 Å². The second-order valence-electron chi connectivity index (χ2n) is 29.7. The molecule has 4 aliphatic rings. The van der Waals surface area contributed by atoms with Gasteiger partial charge in [-0.25, -0.2) is 19.9 Å². The molecule has 108 heavy (non-hydrogen) atoms. The second-order valence-corrected chi connectivity index (χ2v) is 29.7. The number of hydrogen-bond donors (Lipinski definition) is 0. The largest absolute Gasteiger partial charge is 0.228 e. The summed E-state index contributed by atoms with van der Waals surface area (Å²) in [6, 6.07) is 131.